The fourth-order valence-electron chi connectivity index (χ4n) is 2.93. The maximum absolute atomic E-state index is 3.33. The van der Waals surface area contributed by atoms with Crippen molar-refractivity contribution in [3.05, 3.63) is 64.7 Å². The van der Waals surface area contributed by atoms with Crippen LogP contribution in [-0.4, -0.2) is 7.05 Å². The Hall–Kier alpha value is -2.02. The van der Waals surface area contributed by atoms with Gasteiger partial charge in [-0.1, -0.05) is 55.5 Å². The van der Waals surface area contributed by atoms with Gasteiger partial charge in [-0.15, -0.1) is 0 Å². The Morgan fingerprint density at radius 1 is 1.05 bits per heavy atom. The average Bonchev–Trinajstić information content (AvgIpc) is 3.37. The van der Waals surface area contributed by atoms with Crippen molar-refractivity contribution < 1.29 is 0 Å². The molecule has 1 aliphatic carbocycles. The third-order valence-corrected chi connectivity index (χ3v) is 4.29. The SMILES string of the molecule is CCc1ccccc1/C=C/c1c(NC)cccc1C1CC1. The second kappa shape index (κ2) is 6.17. The van der Waals surface area contributed by atoms with Crippen molar-refractivity contribution in [2.45, 2.75) is 32.1 Å². The van der Waals surface area contributed by atoms with Gasteiger partial charge < -0.3 is 5.32 Å². The van der Waals surface area contributed by atoms with E-state index in [1.54, 1.807) is 0 Å². The number of rotatable bonds is 5. The highest BCUT2D eigenvalue weighted by atomic mass is 14.8. The molecule has 1 N–H and O–H groups in total. The van der Waals surface area contributed by atoms with Crippen molar-refractivity contribution in [3.8, 4) is 0 Å². The molecule has 1 nitrogen and oxygen atoms in total. The molecule has 0 atom stereocenters. The minimum absolute atomic E-state index is 0.763. The van der Waals surface area contributed by atoms with Crippen LogP contribution in [0.4, 0.5) is 5.69 Å². The molecule has 0 heterocycles. The van der Waals surface area contributed by atoms with Crippen molar-refractivity contribution in [1.82, 2.24) is 0 Å². The van der Waals surface area contributed by atoms with Gasteiger partial charge in [0, 0.05) is 18.3 Å². The molecular formula is C20H23N. The molecular weight excluding hydrogens is 254 g/mol. The quantitative estimate of drug-likeness (QED) is 0.727. The van der Waals surface area contributed by atoms with Crippen LogP contribution in [0.25, 0.3) is 12.2 Å². The van der Waals surface area contributed by atoms with Gasteiger partial charge in [0.2, 0.25) is 0 Å². The molecule has 0 saturated heterocycles. The van der Waals surface area contributed by atoms with E-state index >= 15 is 0 Å². The Morgan fingerprint density at radius 3 is 2.57 bits per heavy atom. The topological polar surface area (TPSA) is 12.0 Å². The first-order chi connectivity index (χ1) is 10.3. The number of hydrogen-bond donors (Lipinski definition) is 1. The van der Waals surface area contributed by atoms with Crippen LogP contribution in [0.1, 0.15) is 47.9 Å². The van der Waals surface area contributed by atoms with E-state index in [4.69, 9.17) is 0 Å². The van der Waals surface area contributed by atoms with Crippen LogP contribution >= 0.6 is 0 Å². The van der Waals surface area contributed by atoms with Gasteiger partial charge in [-0.25, -0.2) is 0 Å². The van der Waals surface area contributed by atoms with E-state index in [1.165, 1.54) is 40.8 Å². The molecule has 1 heteroatoms. The minimum atomic E-state index is 0.763. The van der Waals surface area contributed by atoms with Crippen molar-refractivity contribution in [1.29, 1.82) is 0 Å². The number of anilines is 1. The zero-order chi connectivity index (χ0) is 14.7. The highest BCUT2D eigenvalue weighted by molar-refractivity contribution is 5.79. The van der Waals surface area contributed by atoms with Crippen LogP contribution in [0.2, 0.25) is 0 Å². The van der Waals surface area contributed by atoms with Crippen molar-refractivity contribution in [3.63, 3.8) is 0 Å². The van der Waals surface area contributed by atoms with Gasteiger partial charge in [0.15, 0.2) is 0 Å². The first-order valence-electron chi connectivity index (χ1n) is 7.90. The number of benzene rings is 2. The van der Waals surface area contributed by atoms with Gasteiger partial charge in [0.05, 0.1) is 0 Å². The Bertz CT molecular complexity index is 651. The lowest BCUT2D eigenvalue weighted by atomic mass is 9.98. The lowest BCUT2D eigenvalue weighted by molar-refractivity contribution is 1.12. The molecule has 0 radical (unpaired) electrons. The number of hydrogen-bond acceptors (Lipinski definition) is 1. The summed E-state index contributed by atoms with van der Waals surface area (Å²) in [6, 6.07) is 15.3. The molecule has 2 aromatic rings. The zero-order valence-corrected chi connectivity index (χ0v) is 12.9. The summed E-state index contributed by atoms with van der Waals surface area (Å²) in [4.78, 5) is 0. The van der Waals surface area contributed by atoms with E-state index in [9.17, 15) is 0 Å². The van der Waals surface area contributed by atoms with Crippen molar-refractivity contribution >= 4 is 17.8 Å². The van der Waals surface area contributed by atoms with Crippen LogP contribution in [0.3, 0.4) is 0 Å². The smallest absolute Gasteiger partial charge is 0.0414 e. The Morgan fingerprint density at radius 2 is 1.86 bits per heavy atom. The van der Waals surface area contributed by atoms with Crippen LogP contribution in [0.15, 0.2) is 42.5 Å². The second-order valence-corrected chi connectivity index (χ2v) is 5.72. The molecule has 0 aliphatic heterocycles. The molecule has 108 valence electrons. The van der Waals surface area contributed by atoms with E-state index < -0.39 is 0 Å². The summed E-state index contributed by atoms with van der Waals surface area (Å²) in [6.45, 7) is 2.21. The molecule has 1 aliphatic rings. The summed E-state index contributed by atoms with van der Waals surface area (Å²) >= 11 is 0. The van der Waals surface area contributed by atoms with Crippen LogP contribution in [0, 0.1) is 0 Å². The van der Waals surface area contributed by atoms with Gasteiger partial charge >= 0.3 is 0 Å². The Labute approximate surface area is 127 Å². The Balaban J connectivity index is 1.98. The molecule has 0 unspecified atom stereocenters. The van der Waals surface area contributed by atoms with Gasteiger partial charge in [-0.05, 0) is 47.9 Å². The largest absolute Gasteiger partial charge is 0.388 e. The molecule has 3 rings (SSSR count). The monoisotopic (exact) mass is 277 g/mol. The van der Waals surface area contributed by atoms with Gasteiger partial charge in [0.25, 0.3) is 0 Å². The average molecular weight is 277 g/mol. The predicted molar refractivity (Wildman–Crippen MR) is 92.7 cm³/mol. The maximum Gasteiger partial charge on any atom is 0.0414 e. The second-order valence-electron chi connectivity index (χ2n) is 5.72. The molecule has 0 aromatic heterocycles. The normalized spacial score (nSPS) is 14.6. The van der Waals surface area contributed by atoms with Crippen LogP contribution < -0.4 is 5.32 Å². The highest BCUT2D eigenvalue weighted by Gasteiger charge is 2.26. The summed E-state index contributed by atoms with van der Waals surface area (Å²) in [5, 5.41) is 3.33. The summed E-state index contributed by atoms with van der Waals surface area (Å²) < 4.78 is 0. The van der Waals surface area contributed by atoms with Crippen LogP contribution in [-0.2, 0) is 6.42 Å². The third kappa shape index (κ3) is 3.02. The lowest BCUT2D eigenvalue weighted by Crippen LogP contribution is -1.95. The first kappa shape index (κ1) is 13.9. The maximum atomic E-state index is 3.33. The standard InChI is InChI=1S/C20H23N/c1-3-15-7-4-5-8-16(15)13-14-19-18(17-11-12-17)9-6-10-20(19)21-2/h4-10,13-14,17,21H,3,11-12H2,1-2H3/b14-13+. The fraction of sp³-hybridized carbons (Fsp3) is 0.300. The van der Waals surface area contributed by atoms with E-state index in [1.807, 2.05) is 7.05 Å². The van der Waals surface area contributed by atoms with E-state index in [0.717, 1.165) is 12.3 Å². The highest BCUT2D eigenvalue weighted by Crippen LogP contribution is 2.43. The Kier molecular flexibility index (Phi) is 4.10. The molecule has 0 bridgehead atoms. The molecule has 21 heavy (non-hydrogen) atoms. The molecule has 2 aromatic carbocycles. The summed E-state index contributed by atoms with van der Waals surface area (Å²) in [7, 11) is 2.00. The van der Waals surface area contributed by atoms with Crippen molar-refractivity contribution in [2.75, 3.05) is 12.4 Å². The summed E-state index contributed by atoms with van der Waals surface area (Å²) in [5.74, 6) is 0.763. The molecule has 1 saturated carbocycles. The molecule has 0 amide bonds. The number of aryl methyl sites for hydroxylation is 1. The first-order valence-corrected chi connectivity index (χ1v) is 7.90. The third-order valence-electron chi connectivity index (χ3n) is 4.29. The minimum Gasteiger partial charge on any atom is -0.388 e. The molecule has 1 fully saturated rings. The lowest BCUT2D eigenvalue weighted by Gasteiger charge is -2.11. The van der Waals surface area contributed by atoms with E-state index in [-0.39, 0.29) is 0 Å². The molecule has 0 spiro atoms. The fourth-order valence-corrected chi connectivity index (χ4v) is 2.93. The van der Waals surface area contributed by atoms with E-state index in [2.05, 4.69) is 66.9 Å². The van der Waals surface area contributed by atoms with Gasteiger partial charge in [0.1, 0.15) is 0 Å². The van der Waals surface area contributed by atoms with Crippen molar-refractivity contribution in [2.24, 2.45) is 0 Å². The number of nitrogens with one attached hydrogen (secondary N) is 1. The van der Waals surface area contributed by atoms with E-state index in [0.29, 0.717) is 0 Å². The summed E-state index contributed by atoms with van der Waals surface area (Å²) in [5.41, 5.74) is 6.81. The zero-order valence-electron chi connectivity index (χ0n) is 12.9. The predicted octanol–water partition coefficient (Wildman–Crippen LogP) is 5.34. The van der Waals surface area contributed by atoms with Gasteiger partial charge in [-0.2, -0.15) is 0 Å². The van der Waals surface area contributed by atoms with Gasteiger partial charge in [-0.3, -0.25) is 0 Å². The summed E-state index contributed by atoms with van der Waals surface area (Å²) in [6.07, 6.45) is 8.29. The van der Waals surface area contributed by atoms with Crippen LogP contribution in [0.5, 0.6) is 0 Å².